The fraction of sp³-hybridized carbons (Fsp3) is 0.636. The molecule has 168 valence electrons. The normalized spacial score (nSPS) is 19.2. The number of carboxylic acids is 1. The van der Waals surface area contributed by atoms with Crippen molar-refractivity contribution in [1.29, 1.82) is 0 Å². The fourth-order valence-electron chi connectivity index (χ4n) is 4.26. The molecule has 30 heavy (non-hydrogen) atoms. The molecule has 0 atom stereocenters. The lowest BCUT2D eigenvalue weighted by Crippen LogP contribution is -2.50. The first-order valence-corrected chi connectivity index (χ1v) is 10.4. The summed E-state index contributed by atoms with van der Waals surface area (Å²) in [6.45, 7) is 9.53. The van der Waals surface area contributed by atoms with Crippen LogP contribution in [0, 0.1) is 12.3 Å². The molecule has 0 aromatic heterocycles. The SMILES string of the molecule is CCC(=O)N1CCC2(CCCN(Cc3ccc(C)cc3)C2)CC1.O=C(O)C(F)(F)F. The number of benzene rings is 1. The van der Waals surface area contributed by atoms with Crippen LogP contribution < -0.4 is 0 Å². The van der Waals surface area contributed by atoms with Gasteiger partial charge in [0.15, 0.2) is 0 Å². The first-order chi connectivity index (χ1) is 14.0. The van der Waals surface area contributed by atoms with Crippen LogP contribution in [-0.2, 0) is 16.1 Å². The van der Waals surface area contributed by atoms with Crippen molar-refractivity contribution in [2.24, 2.45) is 5.41 Å². The highest BCUT2D eigenvalue weighted by atomic mass is 19.4. The van der Waals surface area contributed by atoms with Crippen molar-refractivity contribution < 1.29 is 27.9 Å². The van der Waals surface area contributed by atoms with Crippen LogP contribution in [0.25, 0.3) is 0 Å². The number of rotatable bonds is 3. The Balaban J connectivity index is 0.000000396. The van der Waals surface area contributed by atoms with E-state index in [-0.39, 0.29) is 0 Å². The molecule has 1 aromatic carbocycles. The summed E-state index contributed by atoms with van der Waals surface area (Å²) in [7, 11) is 0. The Morgan fingerprint density at radius 1 is 1.07 bits per heavy atom. The number of hydrogen-bond acceptors (Lipinski definition) is 3. The van der Waals surface area contributed by atoms with E-state index in [1.54, 1.807) is 0 Å². The summed E-state index contributed by atoms with van der Waals surface area (Å²) in [5.41, 5.74) is 3.20. The Morgan fingerprint density at radius 2 is 1.63 bits per heavy atom. The van der Waals surface area contributed by atoms with Crippen molar-refractivity contribution in [1.82, 2.24) is 9.80 Å². The molecule has 2 fully saturated rings. The van der Waals surface area contributed by atoms with Crippen LogP contribution in [0.2, 0.25) is 0 Å². The third-order valence-electron chi connectivity index (χ3n) is 5.99. The van der Waals surface area contributed by atoms with E-state index in [1.807, 2.05) is 6.92 Å². The van der Waals surface area contributed by atoms with Crippen molar-refractivity contribution in [3.63, 3.8) is 0 Å². The Kier molecular flexibility index (Phi) is 8.29. The lowest BCUT2D eigenvalue weighted by molar-refractivity contribution is -0.192. The molecule has 8 heteroatoms. The lowest BCUT2D eigenvalue weighted by atomic mass is 9.72. The van der Waals surface area contributed by atoms with Gasteiger partial charge in [-0.15, -0.1) is 0 Å². The van der Waals surface area contributed by atoms with Gasteiger partial charge < -0.3 is 10.0 Å². The summed E-state index contributed by atoms with van der Waals surface area (Å²) in [6, 6.07) is 8.95. The zero-order valence-corrected chi connectivity index (χ0v) is 17.7. The number of carbonyl (C=O) groups excluding carboxylic acids is 1. The van der Waals surface area contributed by atoms with Crippen LogP contribution in [0.15, 0.2) is 24.3 Å². The maximum Gasteiger partial charge on any atom is 0.490 e. The second kappa shape index (κ2) is 10.3. The molecule has 3 rings (SSSR count). The molecular weight excluding hydrogens is 397 g/mol. The molecule has 2 heterocycles. The van der Waals surface area contributed by atoms with Crippen LogP contribution in [0.3, 0.4) is 0 Å². The number of likely N-dealkylation sites (tertiary alicyclic amines) is 2. The van der Waals surface area contributed by atoms with Gasteiger partial charge in [0.2, 0.25) is 5.91 Å². The number of piperidine rings is 2. The topological polar surface area (TPSA) is 60.9 Å². The highest BCUT2D eigenvalue weighted by Gasteiger charge is 2.39. The number of carboxylic acid groups (broad SMARTS) is 1. The Morgan fingerprint density at radius 3 is 2.13 bits per heavy atom. The van der Waals surface area contributed by atoms with E-state index in [0.29, 0.717) is 17.7 Å². The van der Waals surface area contributed by atoms with Crippen molar-refractivity contribution in [3.05, 3.63) is 35.4 Å². The molecule has 0 saturated carbocycles. The number of alkyl halides is 3. The van der Waals surface area contributed by atoms with Crippen molar-refractivity contribution >= 4 is 11.9 Å². The third-order valence-corrected chi connectivity index (χ3v) is 5.99. The molecule has 0 aliphatic carbocycles. The van der Waals surface area contributed by atoms with E-state index >= 15 is 0 Å². The monoisotopic (exact) mass is 428 g/mol. The average molecular weight is 428 g/mol. The largest absolute Gasteiger partial charge is 0.490 e. The fourth-order valence-corrected chi connectivity index (χ4v) is 4.26. The molecule has 0 bridgehead atoms. The summed E-state index contributed by atoms with van der Waals surface area (Å²) in [4.78, 5) is 25.5. The molecule has 5 nitrogen and oxygen atoms in total. The van der Waals surface area contributed by atoms with E-state index in [9.17, 15) is 18.0 Å². The molecule has 0 unspecified atom stereocenters. The molecule has 1 aromatic rings. The Hall–Kier alpha value is -2.09. The second-order valence-electron chi connectivity index (χ2n) is 8.34. The number of halogens is 3. The van der Waals surface area contributed by atoms with Gasteiger partial charge in [0, 0.05) is 32.6 Å². The summed E-state index contributed by atoms with van der Waals surface area (Å²) in [5.74, 6) is -2.43. The predicted molar refractivity (Wildman–Crippen MR) is 108 cm³/mol. The number of amides is 1. The quantitative estimate of drug-likeness (QED) is 0.782. The number of carbonyl (C=O) groups is 2. The summed E-state index contributed by atoms with van der Waals surface area (Å²) < 4.78 is 31.7. The van der Waals surface area contributed by atoms with E-state index in [0.717, 1.165) is 19.6 Å². The van der Waals surface area contributed by atoms with Crippen LogP contribution >= 0.6 is 0 Å². The molecular formula is C22H31F3N2O3. The van der Waals surface area contributed by atoms with Gasteiger partial charge in [0.05, 0.1) is 0 Å². The van der Waals surface area contributed by atoms with E-state index in [1.165, 1.54) is 49.9 Å². The van der Waals surface area contributed by atoms with Crippen molar-refractivity contribution in [3.8, 4) is 0 Å². The minimum absolute atomic E-state index is 0.326. The van der Waals surface area contributed by atoms with Gasteiger partial charge in [-0.25, -0.2) is 4.79 Å². The molecule has 2 aliphatic heterocycles. The Bertz CT molecular complexity index is 711. The molecule has 0 radical (unpaired) electrons. The molecule has 1 spiro atoms. The first kappa shape index (κ1) is 24.2. The maximum absolute atomic E-state index is 11.9. The van der Waals surface area contributed by atoms with Crippen LogP contribution in [0.4, 0.5) is 13.2 Å². The molecule has 2 aliphatic rings. The van der Waals surface area contributed by atoms with E-state index in [4.69, 9.17) is 9.90 Å². The van der Waals surface area contributed by atoms with Crippen molar-refractivity contribution in [2.75, 3.05) is 26.2 Å². The maximum atomic E-state index is 11.9. The van der Waals surface area contributed by atoms with Gasteiger partial charge in [-0.3, -0.25) is 9.69 Å². The van der Waals surface area contributed by atoms with Gasteiger partial charge >= 0.3 is 12.1 Å². The minimum atomic E-state index is -5.08. The highest BCUT2D eigenvalue weighted by molar-refractivity contribution is 5.75. The summed E-state index contributed by atoms with van der Waals surface area (Å²) in [5, 5.41) is 7.12. The van der Waals surface area contributed by atoms with Crippen LogP contribution in [0.1, 0.15) is 50.2 Å². The predicted octanol–water partition coefficient (Wildman–Crippen LogP) is 4.24. The number of aliphatic carboxylic acids is 1. The smallest absolute Gasteiger partial charge is 0.475 e. The van der Waals surface area contributed by atoms with Gasteiger partial charge in [-0.05, 0) is 50.1 Å². The number of nitrogens with zero attached hydrogens (tertiary/aromatic N) is 2. The van der Waals surface area contributed by atoms with Gasteiger partial charge in [-0.1, -0.05) is 36.8 Å². The lowest BCUT2D eigenvalue weighted by Gasteiger charge is -2.47. The van der Waals surface area contributed by atoms with Crippen LogP contribution in [-0.4, -0.2) is 59.1 Å². The average Bonchev–Trinajstić information content (AvgIpc) is 2.70. The standard InChI is InChI=1S/C20H30N2O.C2HF3O2/c1-3-19(23)22-13-10-20(11-14-22)9-4-12-21(16-20)15-18-7-5-17(2)6-8-18;3-2(4,5)1(6)7/h5-8H,3-4,9-16H2,1-2H3;(H,6,7). The first-order valence-electron chi connectivity index (χ1n) is 10.4. The van der Waals surface area contributed by atoms with Crippen LogP contribution in [0.5, 0.6) is 0 Å². The number of aryl methyl sites for hydroxylation is 1. The minimum Gasteiger partial charge on any atom is -0.475 e. The number of hydrogen-bond donors (Lipinski definition) is 1. The summed E-state index contributed by atoms with van der Waals surface area (Å²) in [6.07, 6.45) is 0.567. The van der Waals surface area contributed by atoms with Gasteiger partial charge in [0.25, 0.3) is 0 Å². The zero-order chi connectivity index (χ0) is 22.4. The molecule has 1 amide bonds. The van der Waals surface area contributed by atoms with Gasteiger partial charge in [-0.2, -0.15) is 13.2 Å². The second-order valence-corrected chi connectivity index (χ2v) is 8.34. The highest BCUT2D eigenvalue weighted by Crippen LogP contribution is 2.40. The zero-order valence-electron chi connectivity index (χ0n) is 17.7. The van der Waals surface area contributed by atoms with Gasteiger partial charge in [0.1, 0.15) is 0 Å². The van der Waals surface area contributed by atoms with Crippen molar-refractivity contribution in [2.45, 2.75) is 58.7 Å². The Labute approximate surface area is 175 Å². The van der Waals surface area contributed by atoms with E-state index in [2.05, 4.69) is 41.0 Å². The summed E-state index contributed by atoms with van der Waals surface area (Å²) >= 11 is 0. The third kappa shape index (κ3) is 7.00. The molecule has 2 saturated heterocycles. The van der Waals surface area contributed by atoms with E-state index < -0.39 is 12.1 Å². The molecule has 1 N–H and O–H groups in total.